The second-order valence-electron chi connectivity index (χ2n) is 3.86. The molecule has 0 saturated heterocycles. The maximum absolute atomic E-state index is 5.60. The average Bonchev–Trinajstić information content (AvgIpc) is 2.22. The standard InChI is InChI=1S/C12H21N3/c1-3-7-15(8-4-2)10-12-6-5-11(13)9-14-12/h5-6,9H,3-4,7-8,10,13H2,1-2H3. The van der Waals surface area contributed by atoms with Crippen LogP contribution in [0.1, 0.15) is 32.4 Å². The molecule has 3 nitrogen and oxygen atoms in total. The summed E-state index contributed by atoms with van der Waals surface area (Å²) in [5, 5.41) is 0. The van der Waals surface area contributed by atoms with Gasteiger partial charge in [-0.25, -0.2) is 0 Å². The maximum Gasteiger partial charge on any atom is 0.0545 e. The van der Waals surface area contributed by atoms with Crippen LogP contribution in [-0.4, -0.2) is 23.0 Å². The van der Waals surface area contributed by atoms with Gasteiger partial charge >= 0.3 is 0 Å². The van der Waals surface area contributed by atoms with Gasteiger partial charge in [0.1, 0.15) is 0 Å². The van der Waals surface area contributed by atoms with Crippen molar-refractivity contribution in [2.24, 2.45) is 0 Å². The molecule has 0 aliphatic carbocycles. The van der Waals surface area contributed by atoms with Crippen molar-refractivity contribution in [3.63, 3.8) is 0 Å². The molecule has 0 saturated carbocycles. The molecule has 0 unspecified atom stereocenters. The molecule has 2 N–H and O–H groups in total. The van der Waals surface area contributed by atoms with E-state index in [0.717, 1.165) is 31.0 Å². The molecule has 15 heavy (non-hydrogen) atoms. The predicted molar refractivity (Wildman–Crippen MR) is 64.5 cm³/mol. The van der Waals surface area contributed by atoms with E-state index < -0.39 is 0 Å². The fourth-order valence-corrected chi connectivity index (χ4v) is 1.66. The van der Waals surface area contributed by atoms with Crippen LogP contribution < -0.4 is 5.73 Å². The number of nitrogen functional groups attached to an aromatic ring is 1. The zero-order valence-corrected chi connectivity index (χ0v) is 9.74. The Labute approximate surface area is 92.3 Å². The molecule has 0 aromatic carbocycles. The molecule has 0 fully saturated rings. The minimum Gasteiger partial charge on any atom is -0.397 e. The topological polar surface area (TPSA) is 42.1 Å². The van der Waals surface area contributed by atoms with Gasteiger partial charge in [0, 0.05) is 6.54 Å². The molecule has 1 aromatic heterocycles. The Morgan fingerprint density at radius 3 is 2.33 bits per heavy atom. The molecule has 0 aliphatic heterocycles. The van der Waals surface area contributed by atoms with Crippen LogP contribution in [-0.2, 0) is 6.54 Å². The largest absolute Gasteiger partial charge is 0.397 e. The molecule has 1 aromatic rings. The number of aromatic nitrogens is 1. The molecule has 0 aliphatic rings. The summed E-state index contributed by atoms with van der Waals surface area (Å²) in [4.78, 5) is 6.74. The van der Waals surface area contributed by atoms with Crippen molar-refractivity contribution in [3.05, 3.63) is 24.0 Å². The van der Waals surface area contributed by atoms with Gasteiger partial charge in [-0.05, 0) is 38.1 Å². The Balaban J connectivity index is 2.53. The van der Waals surface area contributed by atoms with Crippen molar-refractivity contribution in [2.45, 2.75) is 33.2 Å². The van der Waals surface area contributed by atoms with Crippen molar-refractivity contribution in [3.8, 4) is 0 Å². The smallest absolute Gasteiger partial charge is 0.0545 e. The molecule has 0 spiro atoms. The highest BCUT2D eigenvalue weighted by molar-refractivity contribution is 5.34. The number of nitrogens with zero attached hydrogens (tertiary/aromatic N) is 2. The average molecular weight is 207 g/mol. The third-order valence-electron chi connectivity index (χ3n) is 2.31. The molecule has 0 radical (unpaired) electrons. The van der Waals surface area contributed by atoms with Crippen molar-refractivity contribution in [1.29, 1.82) is 0 Å². The SMILES string of the molecule is CCCN(CCC)Cc1ccc(N)cn1. The van der Waals surface area contributed by atoms with Crippen molar-refractivity contribution in [1.82, 2.24) is 9.88 Å². The quantitative estimate of drug-likeness (QED) is 0.778. The molecule has 84 valence electrons. The Kier molecular flexibility index (Phi) is 5.12. The lowest BCUT2D eigenvalue weighted by Crippen LogP contribution is -2.25. The Morgan fingerprint density at radius 1 is 1.20 bits per heavy atom. The Bertz CT molecular complexity index is 263. The Hall–Kier alpha value is -1.09. The Morgan fingerprint density at radius 2 is 1.87 bits per heavy atom. The van der Waals surface area contributed by atoms with Crippen LogP contribution in [0.4, 0.5) is 5.69 Å². The van der Waals surface area contributed by atoms with Gasteiger partial charge in [0.25, 0.3) is 0 Å². The van der Waals surface area contributed by atoms with Crippen LogP contribution in [0.2, 0.25) is 0 Å². The highest BCUT2D eigenvalue weighted by Gasteiger charge is 2.04. The van der Waals surface area contributed by atoms with E-state index >= 15 is 0 Å². The van der Waals surface area contributed by atoms with Crippen molar-refractivity contribution in [2.75, 3.05) is 18.8 Å². The van der Waals surface area contributed by atoms with E-state index in [1.54, 1.807) is 6.20 Å². The molecule has 0 bridgehead atoms. The first kappa shape index (κ1) is 12.0. The van der Waals surface area contributed by atoms with Crippen LogP contribution in [0, 0.1) is 0 Å². The zero-order valence-electron chi connectivity index (χ0n) is 9.74. The van der Waals surface area contributed by atoms with Crippen LogP contribution >= 0.6 is 0 Å². The molecule has 0 amide bonds. The first-order chi connectivity index (χ1) is 7.26. The van der Waals surface area contributed by atoms with Gasteiger partial charge < -0.3 is 5.73 Å². The van der Waals surface area contributed by atoms with E-state index in [1.165, 1.54) is 12.8 Å². The highest BCUT2D eigenvalue weighted by Crippen LogP contribution is 2.05. The first-order valence-electron chi connectivity index (χ1n) is 5.69. The molecular formula is C12H21N3. The number of pyridine rings is 1. The van der Waals surface area contributed by atoms with Crippen molar-refractivity contribution < 1.29 is 0 Å². The highest BCUT2D eigenvalue weighted by atomic mass is 15.1. The third kappa shape index (κ3) is 4.30. The summed E-state index contributed by atoms with van der Waals surface area (Å²) in [7, 11) is 0. The monoisotopic (exact) mass is 207 g/mol. The lowest BCUT2D eigenvalue weighted by Gasteiger charge is -2.20. The van der Waals surface area contributed by atoms with E-state index in [9.17, 15) is 0 Å². The number of rotatable bonds is 6. The summed E-state index contributed by atoms with van der Waals surface area (Å²) < 4.78 is 0. The van der Waals surface area contributed by atoms with Crippen LogP contribution in [0.5, 0.6) is 0 Å². The van der Waals surface area contributed by atoms with Crippen LogP contribution in [0.15, 0.2) is 18.3 Å². The number of hydrogen-bond donors (Lipinski definition) is 1. The van der Waals surface area contributed by atoms with Gasteiger partial charge in [-0.2, -0.15) is 0 Å². The third-order valence-corrected chi connectivity index (χ3v) is 2.31. The summed E-state index contributed by atoms with van der Waals surface area (Å²) in [6.45, 7) is 7.62. The second kappa shape index (κ2) is 6.40. The second-order valence-corrected chi connectivity index (χ2v) is 3.86. The van der Waals surface area contributed by atoms with E-state index in [-0.39, 0.29) is 0 Å². The fourth-order valence-electron chi connectivity index (χ4n) is 1.66. The van der Waals surface area contributed by atoms with E-state index in [4.69, 9.17) is 5.73 Å². The lowest BCUT2D eigenvalue weighted by molar-refractivity contribution is 0.263. The van der Waals surface area contributed by atoms with Crippen LogP contribution in [0.25, 0.3) is 0 Å². The summed E-state index contributed by atoms with van der Waals surface area (Å²) in [5.74, 6) is 0. The normalized spacial score (nSPS) is 10.9. The van der Waals surface area contributed by atoms with E-state index in [0.29, 0.717) is 0 Å². The lowest BCUT2D eigenvalue weighted by atomic mass is 10.3. The fraction of sp³-hybridized carbons (Fsp3) is 0.583. The molecular weight excluding hydrogens is 186 g/mol. The number of anilines is 1. The summed E-state index contributed by atoms with van der Waals surface area (Å²) in [6.07, 6.45) is 4.11. The minimum absolute atomic E-state index is 0.733. The maximum atomic E-state index is 5.60. The molecule has 1 rings (SSSR count). The van der Waals surface area contributed by atoms with Crippen molar-refractivity contribution >= 4 is 5.69 Å². The van der Waals surface area contributed by atoms with Gasteiger partial charge in [-0.1, -0.05) is 13.8 Å². The van der Waals surface area contributed by atoms with Crippen LogP contribution in [0.3, 0.4) is 0 Å². The molecule has 0 atom stereocenters. The molecule has 1 heterocycles. The zero-order chi connectivity index (χ0) is 11.1. The predicted octanol–water partition coefficient (Wildman–Crippen LogP) is 2.29. The number of nitrogens with two attached hydrogens (primary N) is 1. The van der Waals surface area contributed by atoms with E-state index in [1.807, 2.05) is 12.1 Å². The first-order valence-corrected chi connectivity index (χ1v) is 5.69. The van der Waals surface area contributed by atoms with Gasteiger partial charge in [-0.3, -0.25) is 9.88 Å². The van der Waals surface area contributed by atoms with E-state index in [2.05, 4.69) is 23.7 Å². The summed E-state index contributed by atoms with van der Waals surface area (Å²) >= 11 is 0. The summed E-state index contributed by atoms with van der Waals surface area (Å²) in [6, 6.07) is 3.92. The molecule has 3 heteroatoms. The van der Waals surface area contributed by atoms with Gasteiger partial charge in [0.2, 0.25) is 0 Å². The van der Waals surface area contributed by atoms with Gasteiger partial charge in [-0.15, -0.1) is 0 Å². The number of hydrogen-bond acceptors (Lipinski definition) is 3. The van der Waals surface area contributed by atoms with Gasteiger partial charge in [0.15, 0.2) is 0 Å². The minimum atomic E-state index is 0.733. The summed E-state index contributed by atoms with van der Waals surface area (Å²) in [5.41, 5.74) is 7.43. The van der Waals surface area contributed by atoms with Gasteiger partial charge in [0.05, 0.1) is 17.6 Å².